The van der Waals surface area contributed by atoms with Gasteiger partial charge in [-0.3, -0.25) is 9.52 Å². The van der Waals surface area contributed by atoms with E-state index >= 15 is 0 Å². The molecule has 0 unspecified atom stereocenters. The number of para-hydroxylation sites is 1. The zero-order chi connectivity index (χ0) is 21.9. The molecule has 0 aliphatic carbocycles. The Balaban J connectivity index is 1.76. The van der Waals surface area contributed by atoms with Crippen molar-refractivity contribution in [3.05, 3.63) is 80.9 Å². The third kappa shape index (κ3) is 4.93. The fourth-order valence-corrected chi connectivity index (χ4v) is 4.84. The summed E-state index contributed by atoms with van der Waals surface area (Å²) in [6.07, 6.45) is 0. The number of ether oxygens (including phenoxy) is 1. The van der Waals surface area contributed by atoms with Gasteiger partial charge in [-0.15, -0.1) is 0 Å². The number of aryl methyl sites for hydroxylation is 2. The molecule has 0 atom stereocenters. The molecule has 30 heavy (non-hydrogen) atoms. The highest BCUT2D eigenvalue weighted by Gasteiger charge is 2.17. The van der Waals surface area contributed by atoms with Crippen LogP contribution in [-0.4, -0.2) is 21.4 Å². The predicted molar refractivity (Wildman–Crippen MR) is 127 cm³/mol. The first-order valence-corrected chi connectivity index (χ1v) is 11.6. The second-order valence-corrected chi connectivity index (χ2v) is 9.54. The summed E-state index contributed by atoms with van der Waals surface area (Å²) in [6, 6.07) is 16.7. The van der Waals surface area contributed by atoms with Crippen molar-refractivity contribution < 1.29 is 17.9 Å². The second-order valence-electron chi connectivity index (χ2n) is 6.70. The van der Waals surface area contributed by atoms with Crippen LogP contribution < -0.4 is 14.8 Å². The zero-order valence-electron chi connectivity index (χ0n) is 16.7. The van der Waals surface area contributed by atoms with Gasteiger partial charge < -0.3 is 10.1 Å². The molecular weight excluding hydrogens is 515 g/mol. The Morgan fingerprint density at radius 3 is 2.17 bits per heavy atom. The van der Waals surface area contributed by atoms with Gasteiger partial charge in [0.25, 0.3) is 15.9 Å². The van der Waals surface area contributed by atoms with E-state index in [1.165, 1.54) is 12.1 Å². The van der Waals surface area contributed by atoms with E-state index in [4.69, 9.17) is 4.74 Å². The van der Waals surface area contributed by atoms with Gasteiger partial charge in [-0.2, -0.15) is 0 Å². The van der Waals surface area contributed by atoms with Gasteiger partial charge in [0.15, 0.2) is 0 Å². The molecule has 3 rings (SSSR count). The van der Waals surface area contributed by atoms with Crippen LogP contribution in [0.15, 0.2) is 65.6 Å². The van der Waals surface area contributed by atoms with E-state index in [-0.39, 0.29) is 10.8 Å². The van der Waals surface area contributed by atoms with Crippen molar-refractivity contribution in [2.75, 3.05) is 17.1 Å². The van der Waals surface area contributed by atoms with Crippen molar-refractivity contribution in [3.63, 3.8) is 0 Å². The maximum absolute atomic E-state index is 12.7. The minimum absolute atomic E-state index is 0.113. The lowest BCUT2D eigenvalue weighted by Crippen LogP contribution is -2.15. The Bertz CT molecular complexity index is 1170. The maximum atomic E-state index is 12.7. The largest absolute Gasteiger partial charge is 0.496 e. The molecule has 2 N–H and O–H groups in total. The molecule has 8 heteroatoms. The minimum atomic E-state index is -3.75. The molecule has 0 aliphatic heterocycles. The van der Waals surface area contributed by atoms with Crippen molar-refractivity contribution >= 4 is 49.9 Å². The molecule has 0 aliphatic rings. The topological polar surface area (TPSA) is 84.5 Å². The van der Waals surface area contributed by atoms with Crippen LogP contribution in [0.2, 0.25) is 0 Å². The fourth-order valence-electron chi connectivity index (χ4n) is 2.90. The number of amides is 1. The van der Waals surface area contributed by atoms with Crippen LogP contribution in [0.25, 0.3) is 0 Å². The van der Waals surface area contributed by atoms with Crippen molar-refractivity contribution in [2.24, 2.45) is 0 Å². The van der Waals surface area contributed by atoms with Gasteiger partial charge >= 0.3 is 0 Å². The number of rotatable bonds is 6. The lowest BCUT2D eigenvalue weighted by atomic mass is 10.1. The second kappa shape index (κ2) is 9.05. The molecule has 0 radical (unpaired) electrons. The molecule has 0 heterocycles. The summed E-state index contributed by atoms with van der Waals surface area (Å²) in [5.74, 6) is 0.401. The fraction of sp³-hybridized carbons (Fsp3) is 0.136. The standard InChI is InChI=1S/C22H21IN2O4S/c1-14-5-4-6-15(2)21(14)25-30(27,28)18-10-8-17(9-11-18)24-22(26)16-7-12-20(29-3)19(23)13-16/h4-13,25H,1-3H3,(H,24,26). The number of halogens is 1. The van der Waals surface area contributed by atoms with Crippen LogP contribution in [0.1, 0.15) is 21.5 Å². The van der Waals surface area contributed by atoms with Crippen LogP contribution in [0.4, 0.5) is 11.4 Å². The first-order valence-electron chi connectivity index (χ1n) is 9.05. The molecule has 0 spiro atoms. The number of nitrogens with one attached hydrogen (secondary N) is 2. The molecule has 3 aromatic rings. The third-order valence-electron chi connectivity index (χ3n) is 4.55. The summed E-state index contributed by atoms with van der Waals surface area (Å²) < 4.78 is 34.2. The van der Waals surface area contributed by atoms with Crippen LogP contribution in [0, 0.1) is 17.4 Å². The average molecular weight is 536 g/mol. The van der Waals surface area contributed by atoms with Gasteiger partial charge in [0.05, 0.1) is 21.3 Å². The van der Waals surface area contributed by atoms with Crippen LogP contribution in [0.5, 0.6) is 5.75 Å². The lowest BCUT2D eigenvalue weighted by Gasteiger charge is -2.13. The maximum Gasteiger partial charge on any atom is 0.261 e. The molecule has 0 saturated heterocycles. The van der Waals surface area contributed by atoms with Crippen molar-refractivity contribution in [3.8, 4) is 5.75 Å². The first-order chi connectivity index (χ1) is 14.2. The average Bonchev–Trinajstić information content (AvgIpc) is 2.71. The summed E-state index contributed by atoms with van der Waals surface area (Å²) >= 11 is 2.10. The van der Waals surface area contributed by atoms with E-state index in [1.807, 2.05) is 32.0 Å². The molecule has 0 aromatic heterocycles. The number of hydrogen-bond acceptors (Lipinski definition) is 4. The molecule has 0 fully saturated rings. The van der Waals surface area contributed by atoms with E-state index in [2.05, 4.69) is 32.6 Å². The van der Waals surface area contributed by atoms with E-state index < -0.39 is 10.0 Å². The van der Waals surface area contributed by atoms with Gasteiger partial charge in [0.2, 0.25) is 0 Å². The Labute approximate surface area is 189 Å². The molecule has 0 saturated carbocycles. The highest BCUT2D eigenvalue weighted by Crippen LogP contribution is 2.25. The number of carbonyl (C=O) groups is 1. The Kier molecular flexibility index (Phi) is 6.67. The summed E-state index contributed by atoms with van der Waals surface area (Å²) in [5, 5.41) is 2.77. The van der Waals surface area contributed by atoms with Gasteiger partial charge in [-0.05, 0) is 90.0 Å². The zero-order valence-corrected chi connectivity index (χ0v) is 19.7. The normalized spacial score (nSPS) is 11.1. The van der Waals surface area contributed by atoms with Gasteiger partial charge in [-0.1, -0.05) is 18.2 Å². The summed E-state index contributed by atoms with van der Waals surface area (Å²) in [4.78, 5) is 12.6. The van der Waals surface area contributed by atoms with Crippen molar-refractivity contribution in [1.29, 1.82) is 0 Å². The van der Waals surface area contributed by atoms with Crippen LogP contribution >= 0.6 is 22.6 Å². The smallest absolute Gasteiger partial charge is 0.261 e. The van der Waals surface area contributed by atoms with Gasteiger partial charge in [-0.25, -0.2) is 8.42 Å². The number of methoxy groups -OCH3 is 1. The van der Waals surface area contributed by atoms with Crippen molar-refractivity contribution in [2.45, 2.75) is 18.7 Å². The van der Waals surface area contributed by atoms with Crippen LogP contribution in [-0.2, 0) is 10.0 Å². The quantitative estimate of drug-likeness (QED) is 0.436. The molecule has 6 nitrogen and oxygen atoms in total. The van der Waals surface area contributed by atoms with E-state index in [9.17, 15) is 13.2 Å². The monoisotopic (exact) mass is 536 g/mol. The number of anilines is 2. The number of hydrogen-bond donors (Lipinski definition) is 2. The molecule has 3 aromatic carbocycles. The summed E-state index contributed by atoms with van der Waals surface area (Å²) in [6.45, 7) is 3.70. The lowest BCUT2D eigenvalue weighted by molar-refractivity contribution is 0.102. The Hall–Kier alpha value is -2.59. The van der Waals surface area contributed by atoms with Crippen molar-refractivity contribution in [1.82, 2.24) is 0 Å². The van der Waals surface area contributed by atoms with E-state index in [1.54, 1.807) is 37.4 Å². The molecular formula is C22H21IN2O4S. The molecule has 156 valence electrons. The van der Waals surface area contributed by atoms with Crippen LogP contribution in [0.3, 0.4) is 0 Å². The SMILES string of the molecule is COc1ccc(C(=O)Nc2ccc(S(=O)(=O)Nc3c(C)cccc3C)cc2)cc1I. The third-order valence-corrected chi connectivity index (χ3v) is 6.76. The summed E-state index contributed by atoms with van der Waals surface area (Å²) in [7, 11) is -2.18. The first kappa shape index (κ1) is 22.1. The number of sulfonamides is 1. The Morgan fingerprint density at radius 2 is 1.60 bits per heavy atom. The highest BCUT2D eigenvalue weighted by atomic mass is 127. The number of carbonyl (C=O) groups excluding carboxylic acids is 1. The van der Waals surface area contributed by atoms with E-state index in [0.29, 0.717) is 22.7 Å². The molecule has 0 bridgehead atoms. The molecule has 1 amide bonds. The van der Waals surface area contributed by atoms with Gasteiger partial charge in [0.1, 0.15) is 5.75 Å². The summed E-state index contributed by atoms with van der Waals surface area (Å²) in [5.41, 5.74) is 3.24. The minimum Gasteiger partial charge on any atom is -0.496 e. The number of benzene rings is 3. The van der Waals surface area contributed by atoms with Gasteiger partial charge in [0, 0.05) is 11.3 Å². The Morgan fingerprint density at radius 1 is 0.967 bits per heavy atom. The highest BCUT2D eigenvalue weighted by molar-refractivity contribution is 14.1. The van der Waals surface area contributed by atoms with E-state index in [0.717, 1.165) is 14.7 Å². The predicted octanol–water partition coefficient (Wildman–Crippen LogP) is 4.97.